The Labute approximate surface area is 202 Å². The monoisotopic (exact) mass is 504 g/mol. The van der Waals surface area contributed by atoms with Crippen molar-refractivity contribution < 1.29 is 13.2 Å². The Bertz CT molecular complexity index is 1210. The molecule has 33 heavy (non-hydrogen) atoms. The van der Waals surface area contributed by atoms with Gasteiger partial charge in [-0.3, -0.25) is 4.79 Å². The van der Waals surface area contributed by atoms with Crippen molar-refractivity contribution in [1.82, 2.24) is 14.2 Å². The molecule has 7 nitrogen and oxygen atoms in total. The fourth-order valence-corrected chi connectivity index (χ4v) is 8.27. The largest absolute Gasteiger partial charge is 0.345 e. The van der Waals surface area contributed by atoms with Gasteiger partial charge < -0.3 is 9.80 Å². The summed E-state index contributed by atoms with van der Waals surface area (Å²) >= 11 is 2.96. The molecule has 5 rings (SSSR count). The molecule has 0 saturated carbocycles. The first kappa shape index (κ1) is 22.8. The lowest BCUT2D eigenvalue weighted by molar-refractivity contribution is -0.137. The summed E-state index contributed by atoms with van der Waals surface area (Å²) in [5, 5.41) is 2.80. The molecule has 2 fully saturated rings. The Morgan fingerprint density at radius 1 is 1.03 bits per heavy atom. The Hall–Kier alpha value is -2.01. The molecule has 0 spiro atoms. The van der Waals surface area contributed by atoms with Crippen LogP contribution in [-0.4, -0.2) is 67.8 Å². The molecule has 2 aromatic heterocycles. The fourth-order valence-electron chi connectivity index (χ4n) is 4.56. The van der Waals surface area contributed by atoms with Crippen LogP contribution in [0.2, 0.25) is 0 Å². The van der Waals surface area contributed by atoms with E-state index in [4.69, 9.17) is 4.98 Å². The average molecular weight is 505 g/mol. The first-order chi connectivity index (χ1) is 15.8. The maximum Gasteiger partial charge on any atom is 0.252 e. The van der Waals surface area contributed by atoms with Crippen LogP contribution in [0.1, 0.15) is 24.0 Å². The number of amides is 1. The van der Waals surface area contributed by atoms with E-state index < -0.39 is 10.0 Å². The van der Waals surface area contributed by atoms with E-state index in [0.29, 0.717) is 43.2 Å². The maximum absolute atomic E-state index is 13.1. The van der Waals surface area contributed by atoms with E-state index in [1.165, 1.54) is 31.5 Å². The van der Waals surface area contributed by atoms with Crippen molar-refractivity contribution >= 4 is 54.0 Å². The molecule has 0 atom stereocenters. The number of benzene rings is 1. The third-order valence-corrected chi connectivity index (χ3v) is 11.1. The summed E-state index contributed by atoms with van der Waals surface area (Å²) in [6.07, 6.45) is 1.17. The van der Waals surface area contributed by atoms with Gasteiger partial charge in [0.05, 0.1) is 10.2 Å². The molecule has 0 radical (unpaired) electrons. The van der Waals surface area contributed by atoms with E-state index in [1.54, 1.807) is 28.8 Å². The van der Waals surface area contributed by atoms with Gasteiger partial charge in [0, 0.05) is 45.2 Å². The highest BCUT2D eigenvalue weighted by Gasteiger charge is 2.35. The quantitative estimate of drug-likeness (QED) is 0.541. The second-order valence-corrected chi connectivity index (χ2v) is 12.9. The van der Waals surface area contributed by atoms with Gasteiger partial charge in [-0.2, -0.15) is 4.31 Å². The number of hydrogen-bond donors (Lipinski definition) is 0. The number of piperazine rings is 1. The number of aryl methyl sites for hydroxylation is 2. The minimum Gasteiger partial charge on any atom is -0.345 e. The minimum absolute atomic E-state index is 0.0975. The maximum atomic E-state index is 13.1. The Morgan fingerprint density at radius 2 is 1.73 bits per heavy atom. The lowest BCUT2D eigenvalue weighted by Crippen LogP contribution is -2.52. The molecule has 2 aliphatic rings. The highest BCUT2D eigenvalue weighted by atomic mass is 32.2. The molecule has 2 saturated heterocycles. The number of aromatic nitrogens is 1. The number of carbonyl (C=O) groups is 1. The van der Waals surface area contributed by atoms with Crippen molar-refractivity contribution in [3.8, 4) is 0 Å². The zero-order valence-electron chi connectivity index (χ0n) is 18.9. The van der Waals surface area contributed by atoms with Crippen LogP contribution in [0.15, 0.2) is 33.9 Å². The van der Waals surface area contributed by atoms with Gasteiger partial charge in [0.15, 0.2) is 5.13 Å². The molecule has 1 amide bonds. The first-order valence-corrected chi connectivity index (χ1v) is 14.4. The molecule has 2 aliphatic heterocycles. The van der Waals surface area contributed by atoms with Gasteiger partial charge in [0.2, 0.25) is 5.91 Å². The lowest BCUT2D eigenvalue weighted by Gasteiger charge is -2.38. The zero-order chi connectivity index (χ0) is 23.2. The Balaban J connectivity index is 1.17. The van der Waals surface area contributed by atoms with Gasteiger partial charge in [-0.25, -0.2) is 13.4 Å². The average Bonchev–Trinajstić information content (AvgIpc) is 3.50. The van der Waals surface area contributed by atoms with Gasteiger partial charge in [-0.1, -0.05) is 17.4 Å². The zero-order valence-corrected chi connectivity index (χ0v) is 21.3. The Kier molecular flexibility index (Phi) is 6.19. The van der Waals surface area contributed by atoms with E-state index in [2.05, 4.69) is 30.9 Å². The summed E-state index contributed by atoms with van der Waals surface area (Å²) in [4.78, 5) is 22.2. The molecule has 3 aromatic rings. The molecule has 4 heterocycles. The number of piperidine rings is 1. The van der Waals surface area contributed by atoms with Gasteiger partial charge in [-0.15, -0.1) is 11.3 Å². The van der Waals surface area contributed by atoms with Crippen LogP contribution in [0.25, 0.3) is 10.2 Å². The van der Waals surface area contributed by atoms with Crippen molar-refractivity contribution in [1.29, 1.82) is 0 Å². The van der Waals surface area contributed by atoms with Crippen molar-refractivity contribution in [2.75, 3.05) is 44.2 Å². The van der Waals surface area contributed by atoms with Crippen LogP contribution in [0, 0.1) is 19.8 Å². The second-order valence-electron chi connectivity index (χ2n) is 8.82. The van der Waals surface area contributed by atoms with Gasteiger partial charge >= 0.3 is 0 Å². The predicted molar refractivity (Wildman–Crippen MR) is 134 cm³/mol. The highest BCUT2D eigenvalue weighted by Crippen LogP contribution is 2.32. The van der Waals surface area contributed by atoms with Gasteiger partial charge in [0.25, 0.3) is 10.0 Å². The molecule has 10 heteroatoms. The summed E-state index contributed by atoms with van der Waals surface area (Å²) in [6, 6.07) is 7.75. The van der Waals surface area contributed by atoms with Crippen LogP contribution in [-0.2, 0) is 14.8 Å². The lowest BCUT2D eigenvalue weighted by atomic mass is 9.96. The summed E-state index contributed by atoms with van der Waals surface area (Å²) < 4.78 is 28.6. The fraction of sp³-hybridized carbons (Fsp3) is 0.478. The highest BCUT2D eigenvalue weighted by molar-refractivity contribution is 7.91. The second kappa shape index (κ2) is 8.98. The summed E-state index contributed by atoms with van der Waals surface area (Å²) in [6.45, 7) is 7.95. The van der Waals surface area contributed by atoms with E-state index >= 15 is 0 Å². The van der Waals surface area contributed by atoms with E-state index in [-0.39, 0.29) is 11.8 Å². The number of carbonyl (C=O) groups excluding carboxylic acids is 1. The van der Waals surface area contributed by atoms with Crippen LogP contribution >= 0.6 is 22.7 Å². The summed E-state index contributed by atoms with van der Waals surface area (Å²) in [7, 11) is -3.43. The number of nitrogens with zero attached hydrogens (tertiary/aromatic N) is 4. The smallest absolute Gasteiger partial charge is 0.252 e. The Morgan fingerprint density at radius 3 is 2.39 bits per heavy atom. The number of hydrogen-bond acceptors (Lipinski definition) is 7. The van der Waals surface area contributed by atoms with Crippen LogP contribution in [0.3, 0.4) is 0 Å². The van der Waals surface area contributed by atoms with E-state index in [0.717, 1.165) is 23.7 Å². The minimum atomic E-state index is -3.43. The summed E-state index contributed by atoms with van der Waals surface area (Å²) in [5.41, 5.74) is 3.58. The number of rotatable bonds is 4. The topological polar surface area (TPSA) is 73.8 Å². The molecule has 1 aromatic carbocycles. The predicted octanol–water partition coefficient (Wildman–Crippen LogP) is 3.72. The van der Waals surface area contributed by atoms with Crippen molar-refractivity contribution in [2.24, 2.45) is 5.92 Å². The van der Waals surface area contributed by atoms with Crippen molar-refractivity contribution in [3.63, 3.8) is 0 Å². The van der Waals surface area contributed by atoms with Crippen LogP contribution < -0.4 is 4.90 Å². The van der Waals surface area contributed by atoms with Crippen molar-refractivity contribution in [2.45, 2.75) is 30.9 Å². The standard InChI is InChI=1S/C23H28N4O3S3/c1-16-14-19-20(15-17(16)2)32-23(24-19)26-11-9-25(10-12-26)22(28)18-5-7-27(8-6-18)33(29,30)21-4-3-13-31-21/h3-4,13-15,18H,5-12H2,1-2H3. The molecule has 0 N–H and O–H groups in total. The van der Waals surface area contributed by atoms with Crippen molar-refractivity contribution in [3.05, 3.63) is 40.8 Å². The third kappa shape index (κ3) is 4.41. The molecule has 0 bridgehead atoms. The molecular formula is C23H28N4O3S3. The van der Waals surface area contributed by atoms with E-state index in [1.807, 2.05) is 4.90 Å². The number of sulfonamides is 1. The third-order valence-electron chi connectivity index (χ3n) is 6.75. The van der Waals surface area contributed by atoms with Crippen LogP contribution in [0.5, 0.6) is 0 Å². The number of fused-ring (bicyclic) bond motifs is 1. The van der Waals surface area contributed by atoms with E-state index in [9.17, 15) is 13.2 Å². The van der Waals surface area contributed by atoms with Gasteiger partial charge in [0.1, 0.15) is 4.21 Å². The molecule has 0 aliphatic carbocycles. The normalized spacial score (nSPS) is 18.8. The first-order valence-electron chi connectivity index (χ1n) is 11.3. The molecule has 176 valence electrons. The summed E-state index contributed by atoms with van der Waals surface area (Å²) in [5.74, 6) is 0.0677. The number of thiophene rings is 1. The molecular weight excluding hydrogens is 476 g/mol. The van der Waals surface area contributed by atoms with Gasteiger partial charge in [-0.05, 0) is 61.4 Å². The molecule has 0 unspecified atom stereocenters. The number of anilines is 1. The van der Waals surface area contributed by atoms with Crippen LogP contribution in [0.4, 0.5) is 5.13 Å². The SMILES string of the molecule is Cc1cc2nc(N3CCN(C(=O)C4CCN(S(=O)(=O)c5cccs5)CC4)CC3)sc2cc1C. The number of thiazole rings is 1.